The molecule has 0 saturated carbocycles. The molecular weight excluding hydrogens is 258 g/mol. The summed E-state index contributed by atoms with van der Waals surface area (Å²) in [5.74, 6) is 1.10. The quantitative estimate of drug-likeness (QED) is 0.774. The molecule has 0 radical (unpaired) electrons. The van der Waals surface area contributed by atoms with Crippen LogP contribution in [-0.2, 0) is 6.42 Å². The Bertz CT molecular complexity index is 751. The maximum atomic E-state index is 4.83. The minimum absolute atomic E-state index is 0.421. The summed E-state index contributed by atoms with van der Waals surface area (Å²) in [4.78, 5) is 4.83. The lowest BCUT2D eigenvalue weighted by atomic mass is 10.00. The monoisotopic (exact) mass is 275 g/mol. The van der Waals surface area contributed by atoms with E-state index in [0.717, 1.165) is 18.0 Å². The first-order valence-corrected chi connectivity index (χ1v) is 7.69. The molecule has 1 aromatic carbocycles. The molecule has 4 aliphatic rings. The van der Waals surface area contributed by atoms with E-state index in [1.165, 1.54) is 35.2 Å². The van der Waals surface area contributed by atoms with Crippen LogP contribution < -0.4 is 10.6 Å². The first-order chi connectivity index (χ1) is 10.4. The van der Waals surface area contributed by atoms with Gasteiger partial charge in [0.25, 0.3) is 0 Å². The average molecular weight is 275 g/mol. The third kappa shape index (κ3) is 1.77. The summed E-state index contributed by atoms with van der Waals surface area (Å²) in [6, 6.07) is 9.62. The van der Waals surface area contributed by atoms with Crippen LogP contribution in [0.25, 0.3) is 0 Å². The second-order valence-corrected chi connectivity index (χ2v) is 6.11. The fraction of sp³-hybridized carbons (Fsp3) is 0.278. The standard InChI is InChI=1S/C18H17N3/c1-2-4-12-11(3-1)5-7-14(12)19-17-10-6-13-15(20-17)8-9-16-18(13)21-16/h1-4,6,8-9,14,18,21H,5,7,10H2,(H,19,20)/t14-,18?/m1/s1. The van der Waals surface area contributed by atoms with Crippen molar-refractivity contribution in [1.82, 2.24) is 10.6 Å². The summed E-state index contributed by atoms with van der Waals surface area (Å²) < 4.78 is 0. The van der Waals surface area contributed by atoms with E-state index in [1.54, 1.807) is 0 Å². The second-order valence-electron chi connectivity index (χ2n) is 6.11. The molecule has 0 spiro atoms. The summed E-state index contributed by atoms with van der Waals surface area (Å²) in [5, 5.41) is 7.04. The molecule has 5 rings (SSSR count). The predicted molar refractivity (Wildman–Crippen MR) is 83.9 cm³/mol. The van der Waals surface area contributed by atoms with Crippen molar-refractivity contribution >= 4 is 5.84 Å². The minimum atomic E-state index is 0.421. The van der Waals surface area contributed by atoms with Gasteiger partial charge in [0.05, 0.1) is 17.8 Å². The number of nitrogens with one attached hydrogen (secondary N) is 2. The van der Waals surface area contributed by atoms with Gasteiger partial charge < -0.3 is 10.6 Å². The summed E-state index contributed by atoms with van der Waals surface area (Å²) in [7, 11) is 0. The zero-order valence-electron chi connectivity index (χ0n) is 11.8. The van der Waals surface area contributed by atoms with Gasteiger partial charge >= 0.3 is 0 Å². The average Bonchev–Trinajstić information content (AvgIpc) is 3.22. The van der Waals surface area contributed by atoms with Gasteiger partial charge in [0, 0.05) is 17.7 Å². The zero-order chi connectivity index (χ0) is 13.8. The highest BCUT2D eigenvalue weighted by atomic mass is 15.1. The van der Waals surface area contributed by atoms with Crippen LogP contribution in [0.3, 0.4) is 0 Å². The molecule has 1 aromatic rings. The highest BCUT2D eigenvalue weighted by Crippen LogP contribution is 2.36. The SMILES string of the molecule is C1=C2N=C(N[C@@H]3CCc4ccccc43)CC=C2C2NC2=C1. The molecule has 2 aliphatic heterocycles. The number of aryl methyl sites for hydroxylation is 1. The number of amidine groups is 1. The first kappa shape index (κ1) is 11.4. The molecule has 2 N–H and O–H groups in total. The maximum absolute atomic E-state index is 4.83. The number of nitrogens with zero attached hydrogens (tertiary/aromatic N) is 1. The summed E-state index contributed by atoms with van der Waals surface area (Å²) in [5.41, 5.74) is 6.73. The predicted octanol–water partition coefficient (Wildman–Crippen LogP) is 2.75. The molecule has 0 amide bonds. The van der Waals surface area contributed by atoms with E-state index in [9.17, 15) is 0 Å². The van der Waals surface area contributed by atoms with Crippen LogP contribution in [0.5, 0.6) is 0 Å². The molecule has 2 atom stereocenters. The van der Waals surface area contributed by atoms with E-state index in [0.29, 0.717) is 12.1 Å². The van der Waals surface area contributed by atoms with Gasteiger partial charge in [-0.15, -0.1) is 0 Å². The fourth-order valence-corrected chi connectivity index (χ4v) is 3.65. The number of hydrogen-bond donors (Lipinski definition) is 2. The van der Waals surface area contributed by atoms with Gasteiger partial charge in [-0.2, -0.15) is 0 Å². The molecule has 3 heteroatoms. The third-order valence-electron chi connectivity index (χ3n) is 4.81. The summed E-state index contributed by atoms with van der Waals surface area (Å²) >= 11 is 0. The normalized spacial score (nSPS) is 28.0. The maximum Gasteiger partial charge on any atom is 0.107 e. The van der Waals surface area contributed by atoms with Crippen LogP contribution in [0.1, 0.15) is 30.0 Å². The van der Waals surface area contributed by atoms with Crippen molar-refractivity contribution in [2.75, 3.05) is 0 Å². The number of aliphatic imine (C=N–C) groups is 1. The van der Waals surface area contributed by atoms with E-state index in [-0.39, 0.29) is 0 Å². The molecule has 1 unspecified atom stereocenters. The second kappa shape index (κ2) is 4.10. The first-order valence-electron chi connectivity index (χ1n) is 7.69. The van der Waals surface area contributed by atoms with Gasteiger partial charge in [0.15, 0.2) is 0 Å². The third-order valence-corrected chi connectivity index (χ3v) is 4.81. The highest BCUT2D eigenvalue weighted by Gasteiger charge is 2.37. The molecule has 2 aliphatic carbocycles. The summed E-state index contributed by atoms with van der Waals surface area (Å²) in [6.45, 7) is 0. The van der Waals surface area contributed by atoms with Crippen molar-refractivity contribution in [2.24, 2.45) is 4.99 Å². The number of dihydropyridines is 1. The molecule has 104 valence electrons. The van der Waals surface area contributed by atoms with E-state index in [2.05, 4.69) is 53.1 Å². The Balaban J connectivity index is 1.39. The van der Waals surface area contributed by atoms with Crippen molar-refractivity contribution in [3.63, 3.8) is 0 Å². The Kier molecular flexibility index (Phi) is 2.22. The highest BCUT2D eigenvalue weighted by molar-refractivity contribution is 5.88. The molecule has 21 heavy (non-hydrogen) atoms. The fourth-order valence-electron chi connectivity index (χ4n) is 3.65. The Morgan fingerprint density at radius 2 is 2.14 bits per heavy atom. The summed E-state index contributed by atoms with van der Waals surface area (Å²) in [6.07, 6.45) is 9.84. The lowest BCUT2D eigenvalue weighted by molar-refractivity contribution is 0.634. The molecule has 0 aromatic heterocycles. The number of benzene rings is 1. The van der Waals surface area contributed by atoms with E-state index < -0.39 is 0 Å². The molecular formula is C18H17N3. The van der Waals surface area contributed by atoms with Crippen LogP contribution in [0, 0.1) is 0 Å². The van der Waals surface area contributed by atoms with Crippen molar-refractivity contribution in [2.45, 2.75) is 31.3 Å². The Labute approximate surface area is 124 Å². The molecule has 1 fully saturated rings. The van der Waals surface area contributed by atoms with Crippen molar-refractivity contribution < 1.29 is 0 Å². The van der Waals surface area contributed by atoms with Crippen LogP contribution in [0.2, 0.25) is 0 Å². The van der Waals surface area contributed by atoms with Crippen LogP contribution >= 0.6 is 0 Å². The van der Waals surface area contributed by atoms with Crippen LogP contribution in [-0.4, -0.2) is 11.9 Å². The minimum Gasteiger partial charge on any atom is -0.374 e. The Morgan fingerprint density at radius 3 is 3.14 bits per heavy atom. The van der Waals surface area contributed by atoms with Crippen LogP contribution in [0.4, 0.5) is 0 Å². The van der Waals surface area contributed by atoms with Crippen molar-refractivity contribution in [3.05, 3.63) is 70.6 Å². The van der Waals surface area contributed by atoms with Gasteiger partial charge in [0.1, 0.15) is 5.84 Å². The topological polar surface area (TPSA) is 46.3 Å². The number of allylic oxidation sites excluding steroid dienone is 2. The molecule has 2 heterocycles. The van der Waals surface area contributed by atoms with Crippen LogP contribution in [0.15, 0.2) is 64.5 Å². The Morgan fingerprint density at radius 1 is 1.19 bits per heavy atom. The van der Waals surface area contributed by atoms with E-state index >= 15 is 0 Å². The smallest absolute Gasteiger partial charge is 0.107 e. The van der Waals surface area contributed by atoms with Crippen molar-refractivity contribution in [3.8, 4) is 0 Å². The lowest BCUT2D eigenvalue weighted by Crippen LogP contribution is -2.28. The number of hydrogen-bond acceptors (Lipinski definition) is 3. The van der Waals surface area contributed by atoms with Gasteiger partial charge in [-0.3, -0.25) is 0 Å². The van der Waals surface area contributed by atoms with Gasteiger partial charge in [-0.1, -0.05) is 30.3 Å². The number of rotatable bonds is 1. The van der Waals surface area contributed by atoms with Crippen molar-refractivity contribution in [1.29, 1.82) is 0 Å². The molecule has 3 nitrogen and oxygen atoms in total. The molecule has 0 bridgehead atoms. The van der Waals surface area contributed by atoms with Gasteiger partial charge in [0.2, 0.25) is 0 Å². The van der Waals surface area contributed by atoms with E-state index in [4.69, 9.17) is 4.99 Å². The van der Waals surface area contributed by atoms with E-state index in [1.807, 2.05) is 0 Å². The number of fused-ring (bicyclic) bond motifs is 4. The zero-order valence-corrected chi connectivity index (χ0v) is 11.8. The van der Waals surface area contributed by atoms with Gasteiger partial charge in [-0.25, -0.2) is 4.99 Å². The lowest BCUT2D eigenvalue weighted by Gasteiger charge is -2.21. The van der Waals surface area contributed by atoms with Gasteiger partial charge in [-0.05, 0) is 36.1 Å². The Hall–Kier alpha value is -2.29. The largest absolute Gasteiger partial charge is 0.374 e. The molecule has 1 saturated heterocycles.